The average Bonchev–Trinajstić information content (AvgIpc) is 2.38. The maximum atomic E-state index is 8.95. The Hall–Kier alpha value is -2.48. The first-order chi connectivity index (χ1) is 8.29. The minimum Gasteiger partial charge on any atom is -0.363 e. The standard InChI is InChI=1S/C12H11N5/c1-9-2-3-10(6-13)12(17-9)15-7-11-4-5-14-8-16-11/h2-5,8H,7H2,1H3,(H,15,17). The number of aromatic nitrogens is 3. The molecule has 0 saturated carbocycles. The normalized spacial score (nSPS) is 9.65. The van der Waals surface area contributed by atoms with Crippen LogP contribution in [0.2, 0.25) is 0 Å². The second-order valence-corrected chi connectivity index (χ2v) is 3.51. The summed E-state index contributed by atoms with van der Waals surface area (Å²) in [5.41, 5.74) is 2.26. The Balaban J connectivity index is 2.14. The molecule has 2 rings (SSSR count). The first kappa shape index (κ1) is 11.0. The van der Waals surface area contributed by atoms with Crippen molar-refractivity contribution in [2.75, 3.05) is 5.32 Å². The zero-order valence-corrected chi connectivity index (χ0v) is 9.38. The molecule has 0 saturated heterocycles. The van der Waals surface area contributed by atoms with Crippen LogP contribution >= 0.6 is 0 Å². The molecule has 1 N–H and O–H groups in total. The van der Waals surface area contributed by atoms with Gasteiger partial charge in [-0.3, -0.25) is 0 Å². The van der Waals surface area contributed by atoms with Crippen LogP contribution in [-0.2, 0) is 6.54 Å². The lowest BCUT2D eigenvalue weighted by Crippen LogP contribution is -2.05. The fourth-order valence-corrected chi connectivity index (χ4v) is 1.38. The van der Waals surface area contributed by atoms with Gasteiger partial charge in [0.1, 0.15) is 18.2 Å². The van der Waals surface area contributed by atoms with Crippen LogP contribution < -0.4 is 5.32 Å². The Morgan fingerprint density at radius 3 is 2.94 bits per heavy atom. The highest BCUT2D eigenvalue weighted by molar-refractivity contribution is 5.52. The van der Waals surface area contributed by atoms with Crippen molar-refractivity contribution >= 4 is 5.82 Å². The lowest BCUT2D eigenvalue weighted by Gasteiger charge is -2.07. The molecular weight excluding hydrogens is 214 g/mol. The quantitative estimate of drug-likeness (QED) is 0.859. The van der Waals surface area contributed by atoms with Gasteiger partial charge in [-0.15, -0.1) is 0 Å². The van der Waals surface area contributed by atoms with Crippen molar-refractivity contribution in [3.63, 3.8) is 0 Å². The zero-order valence-electron chi connectivity index (χ0n) is 9.38. The van der Waals surface area contributed by atoms with E-state index in [0.717, 1.165) is 11.4 Å². The van der Waals surface area contributed by atoms with E-state index < -0.39 is 0 Å². The fourth-order valence-electron chi connectivity index (χ4n) is 1.38. The molecule has 2 heterocycles. The molecule has 5 nitrogen and oxygen atoms in total. The lowest BCUT2D eigenvalue weighted by atomic mass is 10.2. The van der Waals surface area contributed by atoms with Crippen molar-refractivity contribution in [2.45, 2.75) is 13.5 Å². The second-order valence-electron chi connectivity index (χ2n) is 3.51. The molecule has 84 valence electrons. The van der Waals surface area contributed by atoms with Gasteiger partial charge in [0, 0.05) is 11.9 Å². The van der Waals surface area contributed by atoms with E-state index in [-0.39, 0.29) is 0 Å². The molecule has 0 aliphatic carbocycles. The molecule has 5 heteroatoms. The summed E-state index contributed by atoms with van der Waals surface area (Å²) in [6.07, 6.45) is 3.17. The third-order valence-electron chi connectivity index (χ3n) is 2.24. The molecule has 0 atom stereocenters. The molecule has 2 aromatic heterocycles. The van der Waals surface area contributed by atoms with E-state index in [4.69, 9.17) is 5.26 Å². The molecule has 0 amide bonds. The van der Waals surface area contributed by atoms with E-state index in [0.29, 0.717) is 17.9 Å². The summed E-state index contributed by atoms with van der Waals surface area (Å²) in [6.45, 7) is 2.41. The van der Waals surface area contributed by atoms with E-state index in [2.05, 4.69) is 26.3 Å². The monoisotopic (exact) mass is 225 g/mol. The number of hydrogen-bond donors (Lipinski definition) is 1. The predicted molar refractivity (Wildman–Crippen MR) is 63.0 cm³/mol. The van der Waals surface area contributed by atoms with Crippen LogP contribution in [0.3, 0.4) is 0 Å². The number of anilines is 1. The molecule has 0 bridgehead atoms. The zero-order chi connectivity index (χ0) is 12.1. The smallest absolute Gasteiger partial charge is 0.144 e. The van der Waals surface area contributed by atoms with E-state index >= 15 is 0 Å². The highest BCUT2D eigenvalue weighted by Gasteiger charge is 2.03. The topological polar surface area (TPSA) is 74.5 Å². The molecule has 0 spiro atoms. The number of nitriles is 1. The SMILES string of the molecule is Cc1ccc(C#N)c(NCc2ccncn2)n1. The van der Waals surface area contributed by atoms with Gasteiger partial charge in [-0.05, 0) is 25.1 Å². The van der Waals surface area contributed by atoms with Crippen LogP contribution in [0.25, 0.3) is 0 Å². The number of rotatable bonds is 3. The molecule has 2 aromatic rings. The number of nitrogens with zero attached hydrogens (tertiary/aromatic N) is 4. The maximum absolute atomic E-state index is 8.95. The Bertz CT molecular complexity index is 545. The first-order valence-corrected chi connectivity index (χ1v) is 5.16. The average molecular weight is 225 g/mol. The van der Waals surface area contributed by atoms with E-state index in [1.54, 1.807) is 12.3 Å². The van der Waals surface area contributed by atoms with Gasteiger partial charge >= 0.3 is 0 Å². The van der Waals surface area contributed by atoms with E-state index in [1.165, 1.54) is 6.33 Å². The van der Waals surface area contributed by atoms with Gasteiger partial charge in [-0.25, -0.2) is 15.0 Å². The number of nitrogens with one attached hydrogen (secondary N) is 1. The van der Waals surface area contributed by atoms with Gasteiger partial charge in [-0.2, -0.15) is 5.26 Å². The molecule has 0 aliphatic rings. The Labute approximate surface area is 99.2 Å². The second kappa shape index (κ2) is 5.03. The van der Waals surface area contributed by atoms with Gasteiger partial charge in [0.15, 0.2) is 0 Å². The molecular formula is C12H11N5. The third kappa shape index (κ3) is 2.75. The van der Waals surface area contributed by atoms with Crippen LogP contribution in [0.4, 0.5) is 5.82 Å². The van der Waals surface area contributed by atoms with Crippen molar-refractivity contribution in [2.24, 2.45) is 0 Å². The van der Waals surface area contributed by atoms with Crippen LogP contribution in [-0.4, -0.2) is 15.0 Å². The molecule has 0 radical (unpaired) electrons. The fraction of sp³-hybridized carbons (Fsp3) is 0.167. The van der Waals surface area contributed by atoms with Crippen molar-refractivity contribution < 1.29 is 0 Å². The van der Waals surface area contributed by atoms with Crippen molar-refractivity contribution in [1.82, 2.24) is 15.0 Å². The van der Waals surface area contributed by atoms with E-state index in [9.17, 15) is 0 Å². The van der Waals surface area contributed by atoms with Gasteiger partial charge < -0.3 is 5.32 Å². The van der Waals surface area contributed by atoms with Crippen LogP contribution in [0.1, 0.15) is 17.0 Å². The van der Waals surface area contributed by atoms with Crippen molar-refractivity contribution in [3.05, 3.63) is 47.7 Å². The van der Waals surface area contributed by atoms with Crippen LogP contribution in [0.5, 0.6) is 0 Å². The summed E-state index contributed by atoms with van der Waals surface area (Å²) in [6, 6.07) is 7.48. The van der Waals surface area contributed by atoms with E-state index in [1.807, 2.05) is 19.1 Å². The summed E-state index contributed by atoms with van der Waals surface area (Å²) < 4.78 is 0. The van der Waals surface area contributed by atoms with Gasteiger partial charge in [0.05, 0.1) is 17.8 Å². The highest BCUT2D eigenvalue weighted by atomic mass is 15.0. The number of hydrogen-bond acceptors (Lipinski definition) is 5. The summed E-state index contributed by atoms with van der Waals surface area (Å²) >= 11 is 0. The van der Waals surface area contributed by atoms with Crippen molar-refractivity contribution in [1.29, 1.82) is 5.26 Å². The van der Waals surface area contributed by atoms with Crippen LogP contribution in [0, 0.1) is 18.3 Å². The summed E-state index contributed by atoms with van der Waals surface area (Å²) in [4.78, 5) is 12.2. The summed E-state index contributed by atoms with van der Waals surface area (Å²) in [5.74, 6) is 0.589. The lowest BCUT2D eigenvalue weighted by molar-refractivity contribution is 0.990. The van der Waals surface area contributed by atoms with Gasteiger partial charge in [-0.1, -0.05) is 0 Å². The number of aryl methyl sites for hydroxylation is 1. The molecule has 0 fully saturated rings. The largest absolute Gasteiger partial charge is 0.363 e. The minimum atomic E-state index is 0.521. The third-order valence-corrected chi connectivity index (χ3v) is 2.24. The molecule has 0 aliphatic heterocycles. The Morgan fingerprint density at radius 1 is 1.35 bits per heavy atom. The molecule has 0 unspecified atom stereocenters. The highest BCUT2D eigenvalue weighted by Crippen LogP contribution is 2.12. The van der Waals surface area contributed by atoms with Gasteiger partial charge in [0.2, 0.25) is 0 Å². The summed E-state index contributed by atoms with van der Waals surface area (Å²) in [7, 11) is 0. The van der Waals surface area contributed by atoms with Crippen LogP contribution in [0.15, 0.2) is 30.7 Å². The maximum Gasteiger partial charge on any atom is 0.144 e. The predicted octanol–water partition coefficient (Wildman–Crippen LogP) is 1.66. The Morgan fingerprint density at radius 2 is 2.24 bits per heavy atom. The minimum absolute atomic E-state index is 0.521. The van der Waals surface area contributed by atoms with Crippen molar-refractivity contribution in [3.8, 4) is 6.07 Å². The number of pyridine rings is 1. The molecule has 17 heavy (non-hydrogen) atoms. The van der Waals surface area contributed by atoms with Gasteiger partial charge in [0.25, 0.3) is 0 Å². The summed E-state index contributed by atoms with van der Waals surface area (Å²) in [5, 5.41) is 12.0. The Kier molecular flexibility index (Phi) is 3.26. The first-order valence-electron chi connectivity index (χ1n) is 5.16. The molecule has 0 aromatic carbocycles.